The number of carbonyl (C=O) groups is 1. The predicted octanol–water partition coefficient (Wildman–Crippen LogP) is 2.36. The molecule has 0 fully saturated rings. The first kappa shape index (κ1) is 17.5. The predicted molar refractivity (Wildman–Crippen MR) is 83.9 cm³/mol. The Bertz CT molecular complexity index is 772. The van der Waals surface area contributed by atoms with E-state index in [2.05, 4.69) is 4.72 Å². The number of benzene rings is 1. The van der Waals surface area contributed by atoms with Gasteiger partial charge in [0, 0.05) is 20.0 Å². The van der Waals surface area contributed by atoms with Gasteiger partial charge in [-0.2, -0.15) is 0 Å². The standard InChI is InChI=1S/C14H14F2N2O3S2/c1-10(19)18(14-11(15)4-2-5-12(14)16)8-7-17-23(20,21)13-6-3-9-22-13/h2-6,9,17H,7-8H2,1H3. The lowest BCUT2D eigenvalue weighted by molar-refractivity contribution is -0.116. The van der Waals surface area contributed by atoms with Gasteiger partial charge in [-0.3, -0.25) is 4.79 Å². The lowest BCUT2D eigenvalue weighted by Gasteiger charge is -2.22. The molecule has 0 radical (unpaired) electrons. The van der Waals surface area contributed by atoms with Gasteiger partial charge < -0.3 is 4.90 Å². The Morgan fingerprint density at radius 1 is 1.22 bits per heavy atom. The number of hydrogen-bond donors (Lipinski definition) is 1. The van der Waals surface area contributed by atoms with Crippen LogP contribution in [0.2, 0.25) is 0 Å². The van der Waals surface area contributed by atoms with Crippen LogP contribution in [0.5, 0.6) is 0 Å². The van der Waals surface area contributed by atoms with Gasteiger partial charge in [0.15, 0.2) is 0 Å². The fourth-order valence-corrected chi connectivity index (χ4v) is 4.01. The first-order valence-corrected chi connectivity index (χ1v) is 8.94. The maximum atomic E-state index is 13.8. The van der Waals surface area contributed by atoms with Crippen LogP contribution in [0.25, 0.3) is 0 Å². The van der Waals surface area contributed by atoms with Crippen molar-refractivity contribution in [2.75, 3.05) is 18.0 Å². The number of hydrogen-bond acceptors (Lipinski definition) is 4. The van der Waals surface area contributed by atoms with Crippen LogP contribution in [-0.2, 0) is 14.8 Å². The van der Waals surface area contributed by atoms with Crippen LogP contribution in [0.3, 0.4) is 0 Å². The van der Waals surface area contributed by atoms with Gasteiger partial charge >= 0.3 is 0 Å². The summed E-state index contributed by atoms with van der Waals surface area (Å²) in [6.45, 7) is 0.783. The van der Waals surface area contributed by atoms with Gasteiger partial charge in [-0.1, -0.05) is 12.1 Å². The molecule has 1 heterocycles. The van der Waals surface area contributed by atoms with E-state index in [1.807, 2.05) is 0 Å². The van der Waals surface area contributed by atoms with Crippen LogP contribution in [0.1, 0.15) is 6.92 Å². The van der Waals surface area contributed by atoms with Crippen molar-refractivity contribution in [3.63, 3.8) is 0 Å². The summed E-state index contributed by atoms with van der Waals surface area (Å²) in [6, 6.07) is 6.28. The van der Waals surface area contributed by atoms with Crippen LogP contribution in [-0.4, -0.2) is 27.4 Å². The molecule has 124 valence electrons. The van der Waals surface area contributed by atoms with Gasteiger partial charge in [-0.05, 0) is 23.6 Å². The van der Waals surface area contributed by atoms with E-state index in [-0.39, 0.29) is 17.3 Å². The molecule has 0 aliphatic heterocycles. The second-order valence-electron chi connectivity index (χ2n) is 4.57. The molecule has 1 aromatic carbocycles. The number of carbonyl (C=O) groups excluding carboxylic acids is 1. The summed E-state index contributed by atoms with van der Waals surface area (Å²) < 4.78 is 53.9. The van der Waals surface area contributed by atoms with Crippen molar-refractivity contribution >= 4 is 33.0 Å². The number of halogens is 2. The maximum absolute atomic E-state index is 13.8. The summed E-state index contributed by atoms with van der Waals surface area (Å²) in [5.41, 5.74) is -0.490. The number of nitrogens with one attached hydrogen (secondary N) is 1. The zero-order valence-corrected chi connectivity index (χ0v) is 13.8. The lowest BCUT2D eigenvalue weighted by atomic mass is 10.2. The number of sulfonamides is 1. The lowest BCUT2D eigenvalue weighted by Crippen LogP contribution is -2.38. The molecule has 0 atom stereocenters. The normalized spacial score (nSPS) is 11.4. The largest absolute Gasteiger partial charge is 0.306 e. The first-order valence-electron chi connectivity index (χ1n) is 6.58. The van der Waals surface area contributed by atoms with E-state index in [0.29, 0.717) is 0 Å². The van der Waals surface area contributed by atoms with Crippen molar-refractivity contribution in [2.45, 2.75) is 11.1 Å². The number of rotatable bonds is 6. The van der Waals surface area contributed by atoms with Crippen molar-refractivity contribution in [3.05, 3.63) is 47.3 Å². The average molecular weight is 360 g/mol. The summed E-state index contributed by atoms with van der Waals surface area (Å²) in [4.78, 5) is 12.5. The van der Waals surface area contributed by atoms with Gasteiger partial charge in [-0.25, -0.2) is 21.9 Å². The first-order chi connectivity index (χ1) is 10.8. The summed E-state index contributed by atoms with van der Waals surface area (Å²) >= 11 is 1.05. The average Bonchev–Trinajstić information content (AvgIpc) is 3.00. The zero-order chi connectivity index (χ0) is 17.0. The zero-order valence-electron chi connectivity index (χ0n) is 12.1. The molecule has 0 saturated heterocycles. The molecular formula is C14H14F2N2O3S2. The van der Waals surface area contributed by atoms with E-state index in [4.69, 9.17) is 0 Å². The summed E-state index contributed by atoms with van der Waals surface area (Å²) in [5.74, 6) is -2.37. The molecule has 5 nitrogen and oxygen atoms in total. The molecule has 0 unspecified atom stereocenters. The monoisotopic (exact) mass is 360 g/mol. The molecule has 0 bridgehead atoms. The smallest absolute Gasteiger partial charge is 0.250 e. The Morgan fingerprint density at radius 2 is 1.87 bits per heavy atom. The van der Waals surface area contributed by atoms with E-state index in [0.717, 1.165) is 35.3 Å². The van der Waals surface area contributed by atoms with Crippen molar-refractivity contribution in [1.29, 1.82) is 0 Å². The van der Waals surface area contributed by atoms with Crippen LogP contribution >= 0.6 is 11.3 Å². The van der Waals surface area contributed by atoms with E-state index < -0.39 is 33.3 Å². The van der Waals surface area contributed by atoms with Gasteiger partial charge in [0.1, 0.15) is 21.5 Å². The third-order valence-electron chi connectivity index (χ3n) is 2.97. The quantitative estimate of drug-likeness (QED) is 0.860. The minimum atomic E-state index is -3.70. The minimum Gasteiger partial charge on any atom is -0.306 e. The highest BCUT2D eigenvalue weighted by Gasteiger charge is 2.21. The Balaban J connectivity index is 2.12. The Labute approximate surface area is 136 Å². The minimum absolute atomic E-state index is 0.129. The molecule has 1 N–H and O–H groups in total. The molecule has 0 spiro atoms. The molecule has 1 amide bonds. The third kappa shape index (κ3) is 4.12. The van der Waals surface area contributed by atoms with E-state index in [1.54, 1.807) is 11.4 Å². The number of para-hydroxylation sites is 1. The Morgan fingerprint density at radius 3 is 2.39 bits per heavy atom. The molecule has 2 rings (SSSR count). The van der Waals surface area contributed by atoms with Crippen molar-refractivity contribution in [2.24, 2.45) is 0 Å². The molecular weight excluding hydrogens is 346 g/mol. The van der Waals surface area contributed by atoms with Crippen molar-refractivity contribution < 1.29 is 22.0 Å². The summed E-state index contributed by atoms with van der Waals surface area (Å²) in [6.07, 6.45) is 0. The molecule has 2 aromatic rings. The van der Waals surface area contributed by atoms with E-state index >= 15 is 0 Å². The van der Waals surface area contributed by atoms with Crippen LogP contribution in [0, 0.1) is 11.6 Å². The number of nitrogens with zero attached hydrogens (tertiary/aromatic N) is 1. The van der Waals surface area contributed by atoms with E-state index in [9.17, 15) is 22.0 Å². The molecule has 9 heteroatoms. The fraction of sp³-hybridized carbons (Fsp3) is 0.214. The van der Waals surface area contributed by atoms with Gasteiger partial charge in [0.2, 0.25) is 15.9 Å². The number of amides is 1. The topological polar surface area (TPSA) is 66.5 Å². The highest BCUT2D eigenvalue weighted by Crippen LogP contribution is 2.23. The Kier molecular flexibility index (Phi) is 5.45. The highest BCUT2D eigenvalue weighted by molar-refractivity contribution is 7.91. The highest BCUT2D eigenvalue weighted by atomic mass is 32.2. The van der Waals surface area contributed by atoms with Crippen molar-refractivity contribution in [3.8, 4) is 0 Å². The maximum Gasteiger partial charge on any atom is 0.250 e. The summed E-state index contributed by atoms with van der Waals surface area (Å²) in [7, 11) is -3.70. The van der Waals surface area contributed by atoms with Crippen molar-refractivity contribution in [1.82, 2.24) is 4.72 Å². The number of thiophene rings is 1. The second-order valence-corrected chi connectivity index (χ2v) is 7.51. The molecule has 0 aliphatic carbocycles. The van der Waals surface area contributed by atoms with Gasteiger partial charge in [0.05, 0.1) is 0 Å². The molecule has 0 saturated carbocycles. The molecule has 0 aliphatic rings. The van der Waals surface area contributed by atoms with Crippen LogP contribution in [0.15, 0.2) is 39.9 Å². The third-order valence-corrected chi connectivity index (χ3v) is 5.83. The second kappa shape index (κ2) is 7.16. The van der Waals surface area contributed by atoms with Gasteiger partial charge in [-0.15, -0.1) is 11.3 Å². The molecule has 23 heavy (non-hydrogen) atoms. The van der Waals surface area contributed by atoms with Gasteiger partial charge in [0.25, 0.3) is 0 Å². The fourth-order valence-electron chi connectivity index (χ4n) is 1.95. The van der Waals surface area contributed by atoms with E-state index in [1.165, 1.54) is 12.1 Å². The number of anilines is 1. The van der Waals surface area contributed by atoms with Crippen LogP contribution < -0.4 is 9.62 Å². The Hall–Kier alpha value is -1.84. The SMILES string of the molecule is CC(=O)N(CCNS(=O)(=O)c1cccs1)c1c(F)cccc1F. The summed E-state index contributed by atoms with van der Waals surface area (Å²) in [5, 5.41) is 1.62. The van der Waals surface area contributed by atoms with Crippen LogP contribution in [0.4, 0.5) is 14.5 Å². The molecule has 1 aromatic heterocycles.